The van der Waals surface area contributed by atoms with Gasteiger partial charge in [-0.2, -0.15) is 0 Å². The monoisotopic (exact) mass is 248 g/mol. The van der Waals surface area contributed by atoms with Gasteiger partial charge >= 0.3 is 0 Å². The molecule has 0 bridgehead atoms. The zero-order chi connectivity index (χ0) is 13.1. The summed E-state index contributed by atoms with van der Waals surface area (Å²) in [5.41, 5.74) is 7.78. The molecule has 0 aromatic heterocycles. The Morgan fingerprint density at radius 1 is 0.889 bits per heavy atom. The van der Waals surface area contributed by atoms with E-state index in [0.29, 0.717) is 0 Å². The summed E-state index contributed by atoms with van der Waals surface area (Å²) in [4.78, 5) is 0. The summed E-state index contributed by atoms with van der Waals surface area (Å²) in [6.07, 6.45) is 10.9. The number of nitrogens with two attached hydrogens (primary N) is 1. The molecule has 0 saturated heterocycles. The van der Waals surface area contributed by atoms with E-state index in [1.165, 1.54) is 51.4 Å². The average molecular weight is 248 g/mol. The highest BCUT2D eigenvalue weighted by molar-refractivity contribution is 5.65. The predicted octanol–water partition coefficient (Wildman–Crippen LogP) is 4.82. The van der Waals surface area contributed by atoms with Crippen molar-refractivity contribution in [3.05, 3.63) is 24.3 Å². The van der Waals surface area contributed by atoms with Crippen LogP contribution in [0.1, 0.15) is 58.3 Å². The van der Waals surface area contributed by atoms with Crippen LogP contribution in [0.4, 0.5) is 11.4 Å². The van der Waals surface area contributed by atoms with Crippen molar-refractivity contribution in [2.75, 3.05) is 17.6 Å². The summed E-state index contributed by atoms with van der Waals surface area (Å²) in [7, 11) is 0. The molecule has 0 saturated carbocycles. The van der Waals surface area contributed by atoms with Crippen molar-refractivity contribution < 1.29 is 0 Å². The van der Waals surface area contributed by atoms with Crippen molar-refractivity contribution >= 4 is 11.4 Å². The van der Waals surface area contributed by atoms with E-state index in [1.54, 1.807) is 0 Å². The third-order valence-corrected chi connectivity index (χ3v) is 3.31. The highest BCUT2D eigenvalue weighted by atomic mass is 14.9. The van der Waals surface area contributed by atoms with E-state index < -0.39 is 0 Å². The Morgan fingerprint density at radius 2 is 1.50 bits per heavy atom. The van der Waals surface area contributed by atoms with Gasteiger partial charge in [0, 0.05) is 6.54 Å². The number of para-hydroxylation sites is 2. The lowest BCUT2D eigenvalue weighted by molar-refractivity contribution is 0.581. The smallest absolute Gasteiger partial charge is 0.0573 e. The van der Waals surface area contributed by atoms with Gasteiger partial charge in [-0.3, -0.25) is 0 Å². The van der Waals surface area contributed by atoms with Gasteiger partial charge < -0.3 is 11.1 Å². The summed E-state index contributed by atoms with van der Waals surface area (Å²) >= 11 is 0. The van der Waals surface area contributed by atoms with Gasteiger partial charge in [0.1, 0.15) is 0 Å². The largest absolute Gasteiger partial charge is 0.397 e. The molecular formula is C16H28N2. The summed E-state index contributed by atoms with van der Waals surface area (Å²) in [5.74, 6) is 0. The van der Waals surface area contributed by atoms with Gasteiger partial charge in [0.05, 0.1) is 11.4 Å². The molecule has 0 fully saturated rings. The van der Waals surface area contributed by atoms with Crippen LogP contribution in [0.2, 0.25) is 0 Å². The highest BCUT2D eigenvalue weighted by Crippen LogP contribution is 2.16. The molecule has 0 atom stereocenters. The summed E-state index contributed by atoms with van der Waals surface area (Å²) < 4.78 is 0. The van der Waals surface area contributed by atoms with Crippen molar-refractivity contribution in [1.29, 1.82) is 0 Å². The molecule has 2 heteroatoms. The number of nitrogen functional groups attached to an aromatic ring is 1. The maximum absolute atomic E-state index is 5.87. The fraction of sp³-hybridized carbons (Fsp3) is 0.625. The Labute approximate surface area is 112 Å². The average Bonchev–Trinajstić information content (AvgIpc) is 2.39. The molecule has 1 aromatic carbocycles. The molecule has 0 unspecified atom stereocenters. The standard InChI is InChI=1S/C16H28N2/c1-2-3-4-5-6-7-8-11-14-18-16-13-10-9-12-15(16)17/h9-10,12-13,18H,2-8,11,14,17H2,1H3. The number of hydrogen-bond acceptors (Lipinski definition) is 2. The number of nitrogens with one attached hydrogen (secondary N) is 1. The van der Waals surface area contributed by atoms with Crippen LogP contribution < -0.4 is 11.1 Å². The molecule has 2 nitrogen and oxygen atoms in total. The van der Waals surface area contributed by atoms with Crippen molar-refractivity contribution in [1.82, 2.24) is 0 Å². The molecule has 0 aliphatic carbocycles. The lowest BCUT2D eigenvalue weighted by Crippen LogP contribution is -2.03. The maximum atomic E-state index is 5.87. The molecule has 0 heterocycles. The van der Waals surface area contributed by atoms with Crippen molar-refractivity contribution in [2.45, 2.75) is 58.3 Å². The lowest BCUT2D eigenvalue weighted by atomic mass is 10.1. The predicted molar refractivity (Wildman–Crippen MR) is 82.0 cm³/mol. The van der Waals surface area contributed by atoms with E-state index in [0.717, 1.165) is 17.9 Å². The van der Waals surface area contributed by atoms with Crippen LogP contribution in [0.15, 0.2) is 24.3 Å². The lowest BCUT2D eigenvalue weighted by Gasteiger charge is -2.08. The Balaban J connectivity index is 1.94. The second-order valence-corrected chi connectivity index (χ2v) is 4.99. The van der Waals surface area contributed by atoms with Crippen LogP contribution in [-0.4, -0.2) is 6.54 Å². The Bertz CT molecular complexity index is 310. The van der Waals surface area contributed by atoms with E-state index in [-0.39, 0.29) is 0 Å². The number of benzene rings is 1. The minimum Gasteiger partial charge on any atom is -0.397 e. The molecule has 0 spiro atoms. The third kappa shape index (κ3) is 6.53. The van der Waals surface area contributed by atoms with Gasteiger partial charge in [0.15, 0.2) is 0 Å². The van der Waals surface area contributed by atoms with Gasteiger partial charge in [-0.15, -0.1) is 0 Å². The van der Waals surface area contributed by atoms with Crippen LogP contribution in [0.3, 0.4) is 0 Å². The van der Waals surface area contributed by atoms with E-state index in [4.69, 9.17) is 5.73 Å². The first kappa shape index (κ1) is 14.9. The second kappa shape index (κ2) is 9.81. The molecule has 0 aliphatic rings. The van der Waals surface area contributed by atoms with Crippen molar-refractivity contribution in [2.24, 2.45) is 0 Å². The zero-order valence-electron chi connectivity index (χ0n) is 11.8. The maximum Gasteiger partial charge on any atom is 0.0573 e. The molecular weight excluding hydrogens is 220 g/mol. The number of rotatable bonds is 10. The fourth-order valence-corrected chi connectivity index (χ4v) is 2.14. The number of unbranched alkanes of at least 4 members (excludes halogenated alkanes) is 7. The van der Waals surface area contributed by atoms with Crippen LogP contribution in [0, 0.1) is 0 Å². The number of anilines is 2. The molecule has 0 amide bonds. The number of hydrogen-bond donors (Lipinski definition) is 2. The van der Waals surface area contributed by atoms with Crippen molar-refractivity contribution in [3.8, 4) is 0 Å². The summed E-state index contributed by atoms with van der Waals surface area (Å²) in [5, 5.41) is 3.40. The molecule has 3 N–H and O–H groups in total. The first-order valence-electron chi connectivity index (χ1n) is 7.43. The van der Waals surface area contributed by atoms with Crippen LogP contribution in [0.25, 0.3) is 0 Å². The fourth-order valence-electron chi connectivity index (χ4n) is 2.14. The Hall–Kier alpha value is -1.18. The Kier molecular flexibility index (Phi) is 8.11. The molecule has 18 heavy (non-hydrogen) atoms. The topological polar surface area (TPSA) is 38.0 Å². The highest BCUT2D eigenvalue weighted by Gasteiger charge is 1.96. The summed E-state index contributed by atoms with van der Waals surface area (Å²) in [6, 6.07) is 7.97. The minimum atomic E-state index is 0.845. The Morgan fingerprint density at radius 3 is 2.17 bits per heavy atom. The first-order chi connectivity index (χ1) is 8.84. The second-order valence-electron chi connectivity index (χ2n) is 4.99. The van der Waals surface area contributed by atoms with Gasteiger partial charge in [0.25, 0.3) is 0 Å². The molecule has 0 radical (unpaired) electrons. The quantitative estimate of drug-likeness (QED) is 0.460. The first-order valence-corrected chi connectivity index (χ1v) is 7.43. The van der Waals surface area contributed by atoms with Gasteiger partial charge in [0.2, 0.25) is 0 Å². The van der Waals surface area contributed by atoms with E-state index in [1.807, 2.05) is 24.3 Å². The van der Waals surface area contributed by atoms with Crippen LogP contribution in [0.5, 0.6) is 0 Å². The van der Waals surface area contributed by atoms with E-state index >= 15 is 0 Å². The SMILES string of the molecule is CCCCCCCCCCNc1ccccc1N. The van der Waals surface area contributed by atoms with Crippen LogP contribution in [-0.2, 0) is 0 Å². The zero-order valence-corrected chi connectivity index (χ0v) is 11.8. The normalized spacial score (nSPS) is 10.5. The van der Waals surface area contributed by atoms with E-state index in [9.17, 15) is 0 Å². The van der Waals surface area contributed by atoms with Gasteiger partial charge in [-0.05, 0) is 18.6 Å². The molecule has 0 aliphatic heterocycles. The molecule has 1 aromatic rings. The van der Waals surface area contributed by atoms with Crippen molar-refractivity contribution in [3.63, 3.8) is 0 Å². The molecule has 1 rings (SSSR count). The van der Waals surface area contributed by atoms with E-state index in [2.05, 4.69) is 12.2 Å². The summed E-state index contributed by atoms with van der Waals surface area (Å²) in [6.45, 7) is 3.30. The molecule has 102 valence electrons. The third-order valence-electron chi connectivity index (χ3n) is 3.31. The van der Waals surface area contributed by atoms with Crippen LogP contribution >= 0.6 is 0 Å². The minimum absolute atomic E-state index is 0.845. The van der Waals surface area contributed by atoms with Gasteiger partial charge in [-0.1, -0.05) is 64.0 Å². The van der Waals surface area contributed by atoms with Gasteiger partial charge in [-0.25, -0.2) is 0 Å².